The van der Waals surface area contributed by atoms with E-state index < -0.39 is 35.6 Å². The number of unbranched alkanes of at least 4 members (excludes halogenated alkanes) is 2. The SMILES string of the molecule is CCOC(=O)[C@@H]1[C@H]2C(=O)N(CCCCCO)[C@H](C(=O)Nc3c(C)cccc3Cl)[C@]23CC[C@H]1O3. The lowest BCUT2D eigenvalue weighted by Gasteiger charge is -2.33. The molecule has 1 aromatic carbocycles. The van der Waals surface area contributed by atoms with E-state index in [1.165, 1.54) is 0 Å². The summed E-state index contributed by atoms with van der Waals surface area (Å²) in [5, 5.41) is 12.4. The van der Waals surface area contributed by atoms with E-state index in [2.05, 4.69) is 5.32 Å². The van der Waals surface area contributed by atoms with Gasteiger partial charge in [-0.05, 0) is 57.6 Å². The van der Waals surface area contributed by atoms with Gasteiger partial charge in [0, 0.05) is 13.2 Å². The average Bonchev–Trinajstić information content (AvgIpc) is 3.41. The van der Waals surface area contributed by atoms with Crippen LogP contribution in [0.1, 0.15) is 44.6 Å². The summed E-state index contributed by atoms with van der Waals surface area (Å²) in [6, 6.07) is 4.49. The minimum absolute atomic E-state index is 0.0753. The Morgan fingerprint density at radius 2 is 2.12 bits per heavy atom. The molecule has 3 aliphatic heterocycles. The Labute approximate surface area is 198 Å². The number of amides is 2. The van der Waals surface area contributed by atoms with Crippen molar-refractivity contribution in [2.24, 2.45) is 11.8 Å². The fourth-order valence-corrected chi connectivity index (χ4v) is 6.02. The van der Waals surface area contributed by atoms with Crippen molar-refractivity contribution < 1.29 is 29.0 Å². The van der Waals surface area contributed by atoms with Crippen LogP contribution in [0.3, 0.4) is 0 Å². The molecule has 2 bridgehead atoms. The standard InChI is InChI=1S/C24H31ClN2O6/c1-3-32-23(31)17-16-10-11-24(33-16)18(17)22(30)27(12-5-4-6-13-28)20(24)21(29)26-19-14(2)8-7-9-15(19)25/h7-9,16-18,20,28H,3-6,10-13H2,1-2H3,(H,26,29)/t16-,17+,18+,20-,24+/m1/s1. The zero-order chi connectivity index (χ0) is 23.8. The molecular formula is C24H31ClN2O6. The normalized spacial score (nSPS) is 29.9. The van der Waals surface area contributed by atoms with Crippen molar-refractivity contribution in [3.05, 3.63) is 28.8 Å². The molecule has 3 aliphatic rings. The van der Waals surface area contributed by atoms with E-state index in [9.17, 15) is 14.4 Å². The maximum atomic E-state index is 13.7. The number of esters is 1. The molecule has 1 spiro atoms. The van der Waals surface area contributed by atoms with E-state index in [1.807, 2.05) is 13.0 Å². The smallest absolute Gasteiger partial charge is 0.312 e. The number of para-hydroxylation sites is 1. The number of rotatable bonds is 9. The second kappa shape index (κ2) is 9.60. The molecule has 5 atom stereocenters. The minimum Gasteiger partial charge on any atom is -0.466 e. The van der Waals surface area contributed by atoms with Crippen molar-refractivity contribution in [2.75, 3.05) is 25.1 Å². The van der Waals surface area contributed by atoms with Gasteiger partial charge < -0.3 is 24.8 Å². The number of ether oxygens (including phenoxy) is 2. The lowest BCUT2D eigenvalue weighted by Crippen LogP contribution is -2.53. The fourth-order valence-electron chi connectivity index (χ4n) is 5.75. The summed E-state index contributed by atoms with van der Waals surface area (Å²) in [7, 11) is 0. The van der Waals surface area contributed by atoms with Gasteiger partial charge in [-0.25, -0.2) is 0 Å². The third-order valence-electron chi connectivity index (χ3n) is 7.13. The van der Waals surface area contributed by atoms with Gasteiger partial charge in [0.25, 0.3) is 0 Å². The molecule has 8 nitrogen and oxygen atoms in total. The molecule has 180 valence electrons. The summed E-state index contributed by atoms with van der Waals surface area (Å²) in [4.78, 5) is 41.7. The van der Waals surface area contributed by atoms with E-state index in [4.69, 9.17) is 26.2 Å². The van der Waals surface area contributed by atoms with Crippen molar-refractivity contribution in [1.82, 2.24) is 4.90 Å². The van der Waals surface area contributed by atoms with Crippen LogP contribution in [-0.4, -0.2) is 65.3 Å². The predicted octanol–water partition coefficient (Wildman–Crippen LogP) is 2.69. The lowest BCUT2D eigenvalue weighted by atomic mass is 9.70. The number of aryl methyl sites for hydroxylation is 1. The number of hydrogen-bond donors (Lipinski definition) is 2. The van der Waals surface area contributed by atoms with Gasteiger partial charge in [-0.3, -0.25) is 14.4 Å². The van der Waals surface area contributed by atoms with Crippen LogP contribution in [-0.2, 0) is 23.9 Å². The number of hydrogen-bond acceptors (Lipinski definition) is 6. The number of nitrogens with zero attached hydrogens (tertiary/aromatic N) is 1. The average molecular weight is 479 g/mol. The highest BCUT2D eigenvalue weighted by molar-refractivity contribution is 6.34. The van der Waals surface area contributed by atoms with E-state index in [0.29, 0.717) is 42.9 Å². The predicted molar refractivity (Wildman–Crippen MR) is 122 cm³/mol. The van der Waals surface area contributed by atoms with Crippen LogP contribution < -0.4 is 5.32 Å². The molecule has 0 saturated carbocycles. The summed E-state index contributed by atoms with van der Waals surface area (Å²) in [5.41, 5.74) is 0.256. The summed E-state index contributed by atoms with van der Waals surface area (Å²) in [5.74, 6) is -2.49. The summed E-state index contributed by atoms with van der Waals surface area (Å²) in [6.07, 6.45) is 2.68. The first-order valence-corrected chi connectivity index (χ1v) is 12.0. The number of anilines is 1. The minimum atomic E-state index is -1.06. The van der Waals surface area contributed by atoms with Crippen molar-refractivity contribution in [3.63, 3.8) is 0 Å². The Balaban J connectivity index is 1.67. The Bertz CT molecular complexity index is 919. The highest BCUT2D eigenvalue weighted by Crippen LogP contribution is 2.58. The van der Waals surface area contributed by atoms with Gasteiger partial charge in [0.1, 0.15) is 11.6 Å². The van der Waals surface area contributed by atoms with Crippen LogP contribution in [0, 0.1) is 18.8 Å². The molecule has 2 amide bonds. The zero-order valence-electron chi connectivity index (χ0n) is 19.0. The molecule has 9 heteroatoms. The lowest BCUT2D eigenvalue weighted by molar-refractivity contribution is -0.154. The van der Waals surface area contributed by atoms with Gasteiger partial charge >= 0.3 is 5.97 Å². The van der Waals surface area contributed by atoms with Crippen LogP contribution in [0.4, 0.5) is 5.69 Å². The molecule has 3 saturated heterocycles. The van der Waals surface area contributed by atoms with Gasteiger partial charge in [0.15, 0.2) is 0 Å². The van der Waals surface area contributed by atoms with Gasteiger partial charge in [-0.2, -0.15) is 0 Å². The number of fused-ring (bicyclic) bond motifs is 1. The Morgan fingerprint density at radius 1 is 1.33 bits per heavy atom. The number of nitrogens with one attached hydrogen (secondary N) is 1. The largest absolute Gasteiger partial charge is 0.466 e. The number of halogens is 1. The molecule has 3 heterocycles. The van der Waals surface area contributed by atoms with E-state index in [1.54, 1.807) is 24.0 Å². The summed E-state index contributed by atoms with van der Waals surface area (Å²) < 4.78 is 11.6. The molecule has 0 aliphatic carbocycles. The molecule has 0 aromatic heterocycles. The van der Waals surface area contributed by atoms with Crippen LogP contribution in [0.2, 0.25) is 5.02 Å². The Kier molecular flexibility index (Phi) is 6.98. The van der Waals surface area contributed by atoms with Crippen LogP contribution in [0.5, 0.6) is 0 Å². The quantitative estimate of drug-likeness (QED) is 0.417. The van der Waals surface area contributed by atoms with E-state index >= 15 is 0 Å². The molecule has 0 radical (unpaired) electrons. The maximum absolute atomic E-state index is 13.7. The highest BCUT2D eigenvalue weighted by Gasteiger charge is 2.74. The third kappa shape index (κ3) is 4.02. The van der Waals surface area contributed by atoms with Gasteiger partial charge in [0.2, 0.25) is 11.8 Å². The van der Waals surface area contributed by atoms with Gasteiger partial charge in [0.05, 0.1) is 35.3 Å². The second-order valence-corrected chi connectivity index (χ2v) is 9.45. The first kappa shape index (κ1) is 24.0. The second-order valence-electron chi connectivity index (χ2n) is 9.04. The highest BCUT2D eigenvalue weighted by atomic mass is 35.5. The Morgan fingerprint density at radius 3 is 2.82 bits per heavy atom. The molecule has 2 N–H and O–H groups in total. The van der Waals surface area contributed by atoms with Crippen molar-refractivity contribution in [1.29, 1.82) is 0 Å². The van der Waals surface area contributed by atoms with Crippen molar-refractivity contribution >= 4 is 35.1 Å². The third-order valence-corrected chi connectivity index (χ3v) is 7.45. The molecule has 1 aromatic rings. The summed E-state index contributed by atoms with van der Waals surface area (Å²) in [6.45, 7) is 4.22. The monoisotopic (exact) mass is 478 g/mol. The molecular weight excluding hydrogens is 448 g/mol. The Hall–Kier alpha value is -2.16. The molecule has 3 fully saturated rings. The van der Waals surface area contributed by atoms with Crippen molar-refractivity contribution in [3.8, 4) is 0 Å². The van der Waals surface area contributed by atoms with E-state index in [-0.39, 0.29) is 25.0 Å². The number of likely N-dealkylation sites (tertiary alicyclic amines) is 1. The van der Waals surface area contributed by atoms with E-state index in [0.717, 1.165) is 12.0 Å². The van der Waals surface area contributed by atoms with Crippen LogP contribution in [0.15, 0.2) is 18.2 Å². The number of carbonyl (C=O) groups is 3. The van der Waals surface area contributed by atoms with Crippen molar-refractivity contribution in [2.45, 2.75) is 63.7 Å². The maximum Gasteiger partial charge on any atom is 0.312 e. The topological polar surface area (TPSA) is 105 Å². The first-order valence-electron chi connectivity index (χ1n) is 11.7. The summed E-state index contributed by atoms with van der Waals surface area (Å²) >= 11 is 6.34. The van der Waals surface area contributed by atoms with Gasteiger partial charge in [-0.1, -0.05) is 23.7 Å². The number of carbonyl (C=O) groups excluding carboxylic acids is 3. The number of aliphatic hydroxyl groups excluding tert-OH is 1. The zero-order valence-corrected chi connectivity index (χ0v) is 19.8. The van der Waals surface area contributed by atoms with Crippen LogP contribution >= 0.6 is 11.6 Å². The number of aliphatic hydroxyl groups is 1. The first-order chi connectivity index (χ1) is 15.9. The number of benzene rings is 1. The van der Waals surface area contributed by atoms with Gasteiger partial charge in [-0.15, -0.1) is 0 Å². The molecule has 0 unspecified atom stereocenters. The molecule has 4 rings (SSSR count). The van der Waals surface area contributed by atoms with Crippen LogP contribution in [0.25, 0.3) is 0 Å². The fraction of sp³-hybridized carbons (Fsp3) is 0.625. The molecule has 33 heavy (non-hydrogen) atoms.